The number of anilines is 1. The second-order valence-corrected chi connectivity index (χ2v) is 5.41. The van der Waals surface area contributed by atoms with E-state index in [0.717, 1.165) is 5.56 Å². The maximum Gasteiger partial charge on any atom is 1.00 e. The van der Waals surface area contributed by atoms with Crippen LogP contribution in [0.4, 0.5) is 5.69 Å². The molecular formula is C8H15NNaO6P2+. The largest absolute Gasteiger partial charge is 1.00 e. The normalized spacial score (nSPS) is 9.78. The average molecular weight is 306 g/mol. The van der Waals surface area contributed by atoms with Crippen molar-refractivity contribution in [1.29, 1.82) is 0 Å². The number of hydrogen-bond donors (Lipinski definition) is 5. The van der Waals surface area contributed by atoms with E-state index in [-0.39, 0.29) is 37.1 Å². The van der Waals surface area contributed by atoms with Crippen LogP contribution in [0.25, 0.3) is 0 Å². The molecule has 0 unspecified atom stereocenters. The molecule has 7 nitrogen and oxygen atoms in total. The first kappa shape index (κ1) is 20.5. The Morgan fingerprint density at radius 2 is 1.61 bits per heavy atom. The molecule has 6 N–H and O–H groups in total. The van der Waals surface area contributed by atoms with Gasteiger partial charge in [-0.05, 0) is 24.1 Å². The van der Waals surface area contributed by atoms with Crippen LogP contribution in [0.3, 0.4) is 0 Å². The van der Waals surface area contributed by atoms with Gasteiger partial charge < -0.3 is 16.9 Å². The Hall–Kier alpha value is 0.190. The van der Waals surface area contributed by atoms with Crippen molar-refractivity contribution in [2.45, 2.75) is 6.42 Å². The fraction of sp³-hybridized carbons (Fsp3) is 0.250. The van der Waals surface area contributed by atoms with Crippen LogP contribution < -0.4 is 35.3 Å². The molecule has 0 amide bonds. The number of rotatable bonds is 3. The number of nitrogens with two attached hydrogens (primary N) is 1. The zero-order valence-corrected chi connectivity index (χ0v) is 13.6. The molecule has 0 aliphatic rings. The van der Waals surface area contributed by atoms with E-state index < -0.39 is 15.9 Å². The molecule has 1 rings (SSSR count). The topological polar surface area (TPSA) is 141 Å². The van der Waals surface area contributed by atoms with Crippen LogP contribution >= 0.6 is 15.9 Å². The number of hydrogen-bond acceptors (Lipinski definition) is 3. The van der Waals surface area contributed by atoms with Gasteiger partial charge in [-0.1, -0.05) is 12.1 Å². The second kappa shape index (κ2) is 10.0. The fourth-order valence-electron chi connectivity index (χ4n) is 0.959. The van der Waals surface area contributed by atoms with Crippen molar-refractivity contribution in [1.82, 2.24) is 0 Å². The predicted molar refractivity (Wildman–Crippen MR) is 64.6 cm³/mol. The molecule has 0 fully saturated rings. The summed E-state index contributed by atoms with van der Waals surface area (Å²) in [5.41, 5.74) is 6.99. The number of aryl methyl sites for hydroxylation is 1. The van der Waals surface area contributed by atoms with Crippen LogP contribution in [-0.2, 0) is 15.6 Å². The first-order valence-electron chi connectivity index (χ1n) is 4.44. The van der Waals surface area contributed by atoms with Gasteiger partial charge in [-0.2, -0.15) is 0 Å². The molecule has 0 aromatic heterocycles. The van der Waals surface area contributed by atoms with Gasteiger partial charge in [-0.3, -0.25) is 4.57 Å². The summed E-state index contributed by atoms with van der Waals surface area (Å²) in [7, 11) is -6.74. The zero-order valence-electron chi connectivity index (χ0n) is 10.8. The molecule has 0 heterocycles. The summed E-state index contributed by atoms with van der Waals surface area (Å²) in [6, 6.07) is 6.97. The third kappa shape index (κ3) is 14.3. The van der Waals surface area contributed by atoms with Gasteiger partial charge in [0.1, 0.15) is 0 Å². The maximum atomic E-state index is 10.5. The van der Waals surface area contributed by atoms with Gasteiger partial charge in [0.25, 0.3) is 0 Å². The van der Waals surface area contributed by atoms with Crippen molar-refractivity contribution < 1.29 is 59.7 Å². The summed E-state index contributed by atoms with van der Waals surface area (Å²) >= 11 is 0. The van der Waals surface area contributed by atoms with E-state index in [1.165, 1.54) is 0 Å². The van der Waals surface area contributed by atoms with E-state index in [4.69, 9.17) is 29.9 Å². The van der Waals surface area contributed by atoms with Gasteiger partial charge in [-0.25, -0.2) is 0 Å². The average Bonchev–Trinajstić information content (AvgIpc) is 2.15. The van der Waals surface area contributed by atoms with E-state index in [1.54, 1.807) is 24.3 Å². The van der Waals surface area contributed by atoms with E-state index in [9.17, 15) is 4.57 Å². The smallest absolute Gasteiger partial charge is 1.00 e. The minimum atomic E-state index is -3.87. The number of nitrogen functional groups attached to an aromatic ring is 1. The third-order valence-electron chi connectivity index (χ3n) is 1.67. The number of benzene rings is 1. The molecule has 0 saturated carbocycles. The van der Waals surface area contributed by atoms with Crippen LogP contribution in [0.1, 0.15) is 6.99 Å². The maximum absolute atomic E-state index is 10.5. The molecule has 1 aromatic carbocycles. The molecule has 0 aliphatic heterocycles. The summed E-state index contributed by atoms with van der Waals surface area (Å²) in [4.78, 5) is 31.5. The Bertz CT molecular complexity index is 408. The summed E-state index contributed by atoms with van der Waals surface area (Å²) in [5.74, 6) is 0. The summed E-state index contributed by atoms with van der Waals surface area (Å²) < 4.78 is 19.2. The van der Waals surface area contributed by atoms with Crippen LogP contribution in [0.5, 0.6) is 0 Å². The Morgan fingerprint density at radius 1 is 1.22 bits per heavy atom. The van der Waals surface area contributed by atoms with Crippen molar-refractivity contribution in [3.8, 4) is 0 Å². The van der Waals surface area contributed by atoms with Crippen molar-refractivity contribution in [2.75, 3.05) is 11.9 Å². The standard InChI is InChI=1S/C8H12NO3P.Na.HO3P.H/c9-8-3-1-7(2-4-8)5-6-13(10,11)12;;1-4(2)3;/h1-4H,5-6,9H2,(H2,10,11,12);;(H-,1,2,3);/q;+1;;-1/p+1. The summed E-state index contributed by atoms with van der Waals surface area (Å²) in [5, 5.41) is 0. The molecule has 0 radical (unpaired) electrons. The molecule has 0 bridgehead atoms. The van der Waals surface area contributed by atoms with Crippen LogP contribution in [0.2, 0.25) is 0 Å². The third-order valence-corrected chi connectivity index (χ3v) is 2.48. The van der Waals surface area contributed by atoms with Gasteiger partial charge in [-0.15, -0.1) is 9.79 Å². The quantitative estimate of drug-likeness (QED) is 0.241. The van der Waals surface area contributed by atoms with Gasteiger partial charge in [0.05, 0.1) is 6.16 Å². The Kier molecular flexibility index (Phi) is 11.4. The molecule has 0 saturated heterocycles. The molecule has 98 valence electrons. The van der Waals surface area contributed by atoms with Gasteiger partial charge in [0.2, 0.25) is 0 Å². The van der Waals surface area contributed by atoms with Crippen molar-refractivity contribution >= 4 is 21.5 Å². The Labute approximate surface area is 129 Å². The predicted octanol–water partition coefficient (Wildman–Crippen LogP) is -2.27. The fourth-order valence-corrected chi connectivity index (χ4v) is 1.51. The summed E-state index contributed by atoms with van der Waals surface area (Å²) in [6.07, 6.45) is 0.265. The Morgan fingerprint density at radius 3 is 1.94 bits per heavy atom. The van der Waals surface area contributed by atoms with Gasteiger partial charge in [0.15, 0.2) is 0 Å². The van der Waals surface area contributed by atoms with E-state index in [2.05, 4.69) is 0 Å². The minimum absolute atomic E-state index is 0. The molecule has 10 heteroatoms. The molecule has 0 aliphatic carbocycles. The van der Waals surface area contributed by atoms with E-state index in [1.807, 2.05) is 0 Å². The van der Waals surface area contributed by atoms with E-state index >= 15 is 0 Å². The minimum Gasteiger partial charge on any atom is -1.00 e. The SMILES string of the molecule is Nc1ccc(CCP(=O)(O)O)cc1.O=[P+](O)O.[H-].[Na+]. The second-order valence-electron chi connectivity index (χ2n) is 3.13. The molecule has 0 spiro atoms. The first-order chi connectivity index (χ1) is 7.70. The van der Waals surface area contributed by atoms with Crippen molar-refractivity contribution in [2.24, 2.45) is 0 Å². The van der Waals surface area contributed by atoms with Crippen LogP contribution in [0.15, 0.2) is 24.3 Å². The molecule has 1 aromatic rings. The first-order valence-corrected chi connectivity index (χ1v) is 7.41. The van der Waals surface area contributed by atoms with Crippen molar-refractivity contribution in [3.05, 3.63) is 29.8 Å². The van der Waals surface area contributed by atoms with Gasteiger partial charge in [0, 0.05) is 10.3 Å². The van der Waals surface area contributed by atoms with Crippen LogP contribution in [0, 0.1) is 0 Å². The van der Waals surface area contributed by atoms with Crippen molar-refractivity contribution in [3.63, 3.8) is 0 Å². The molecular weight excluding hydrogens is 291 g/mol. The van der Waals surface area contributed by atoms with Crippen LogP contribution in [-0.4, -0.2) is 25.7 Å². The zero-order chi connectivity index (χ0) is 13.5. The monoisotopic (exact) mass is 306 g/mol. The Balaban J connectivity index is -0.000000379. The summed E-state index contributed by atoms with van der Waals surface area (Å²) in [6.45, 7) is 0. The van der Waals surface area contributed by atoms with Gasteiger partial charge >= 0.3 is 45.4 Å². The molecule has 18 heavy (non-hydrogen) atoms. The van der Waals surface area contributed by atoms with E-state index in [0.29, 0.717) is 12.1 Å². The molecule has 0 atom stereocenters.